The maximum absolute atomic E-state index is 12.9. The third kappa shape index (κ3) is 5.09. The third-order valence-electron chi connectivity index (χ3n) is 4.44. The van der Waals surface area contributed by atoms with Crippen molar-refractivity contribution in [2.75, 3.05) is 37.4 Å². The summed E-state index contributed by atoms with van der Waals surface area (Å²) in [5.41, 5.74) is 1.65. The van der Waals surface area contributed by atoms with Crippen LogP contribution in [0.25, 0.3) is 0 Å². The Hall–Kier alpha value is -1.30. The first-order chi connectivity index (χ1) is 11.7. The van der Waals surface area contributed by atoms with Gasteiger partial charge in [-0.2, -0.15) is 0 Å². The number of carbonyl (C=O) groups is 1. The number of hydrogen-bond acceptors (Lipinski definition) is 4. The van der Waals surface area contributed by atoms with Gasteiger partial charge in [0.25, 0.3) is 0 Å². The van der Waals surface area contributed by atoms with E-state index in [1.54, 1.807) is 6.07 Å². The Bertz CT molecular complexity index is 596. The number of benzene rings is 1. The van der Waals surface area contributed by atoms with Crippen molar-refractivity contribution < 1.29 is 9.53 Å². The minimum absolute atomic E-state index is 0.00460. The zero-order valence-corrected chi connectivity index (χ0v) is 16.8. The Morgan fingerprint density at radius 1 is 1.28 bits per heavy atom. The van der Waals surface area contributed by atoms with Crippen LogP contribution in [0.4, 0.5) is 11.4 Å². The molecule has 5 nitrogen and oxygen atoms in total. The molecule has 1 N–H and O–H groups in total. The topological polar surface area (TPSA) is 44.8 Å². The number of halogens is 1. The molecule has 0 aromatic heterocycles. The molecule has 3 atom stereocenters. The Balaban J connectivity index is 2.14. The van der Waals surface area contributed by atoms with E-state index in [9.17, 15) is 4.79 Å². The van der Waals surface area contributed by atoms with E-state index < -0.39 is 0 Å². The van der Waals surface area contributed by atoms with Crippen LogP contribution in [0.3, 0.4) is 0 Å². The summed E-state index contributed by atoms with van der Waals surface area (Å²) >= 11 is 6.32. The predicted octanol–water partition coefficient (Wildman–Crippen LogP) is 3.48. The highest BCUT2D eigenvalue weighted by molar-refractivity contribution is 6.33. The molecule has 2 rings (SSSR count). The van der Waals surface area contributed by atoms with Crippen LogP contribution in [0, 0.1) is 5.92 Å². The fourth-order valence-electron chi connectivity index (χ4n) is 3.50. The van der Waals surface area contributed by atoms with Crippen molar-refractivity contribution in [1.29, 1.82) is 0 Å². The maximum atomic E-state index is 12.9. The van der Waals surface area contributed by atoms with Gasteiger partial charge in [-0.25, -0.2) is 0 Å². The molecule has 25 heavy (non-hydrogen) atoms. The SMILES string of the molecule is CC1CN(C(C(=O)Nc2ccc(N(C)C)c(Cl)c2)C(C)C)CC(C)O1. The summed E-state index contributed by atoms with van der Waals surface area (Å²) < 4.78 is 5.80. The first-order valence-electron chi connectivity index (χ1n) is 8.86. The smallest absolute Gasteiger partial charge is 0.241 e. The molecule has 0 radical (unpaired) electrons. The third-order valence-corrected chi connectivity index (χ3v) is 4.74. The monoisotopic (exact) mass is 367 g/mol. The van der Waals surface area contributed by atoms with E-state index in [4.69, 9.17) is 16.3 Å². The van der Waals surface area contributed by atoms with Gasteiger partial charge in [-0.05, 0) is 38.0 Å². The zero-order chi connectivity index (χ0) is 18.7. The van der Waals surface area contributed by atoms with Gasteiger partial charge in [0.15, 0.2) is 0 Å². The second kappa shape index (κ2) is 8.39. The lowest BCUT2D eigenvalue weighted by atomic mass is 9.99. The number of morpholine rings is 1. The first-order valence-corrected chi connectivity index (χ1v) is 9.24. The molecule has 6 heteroatoms. The Labute approximate surface area is 156 Å². The molecule has 1 saturated heterocycles. The molecule has 1 amide bonds. The number of ether oxygens (including phenoxy) is 1. The van der Waals surface area contributed by atoms with Crippen LogP contribution in [0.5, 0.6) is 0 Å². The van der Waals surface area contributed by atoms with Crippen molar-refractivity contribution in [2.45, 2.75) is 45.9 Å². The molecular formula is C19H30ClN3O2. The van der Waals surface area contributed by atoms with Gasteiger partial charge >= 0.3 is 0 Å². The van der Waals surface area contributed by atoms with Crippen molar-refractivity contribution in [2.24, 2.45) is 5.92 Å². The van der Waals surface area contributed by atoms with Gasteiger partial charge in [-0.15, -0.1) is 0 Å². The molecule has 0 spiro atoms. The number of carbonyl (C=O) groups excluding carboxylic acids is 1. The van der Waals surface area contributed by atoms with Gasteiger partial charge in [0.2, 0.25) is 5.91 Å². The molecule has 1 heterocycles. The molecule has 1 aromatic rings. The number of anilines is 2. The fraction of sp³-hybridized carbons (Fsp3) is 0.632. The van der Waals surface area contributed by atoms with E-state index in [0.29, 0.717) is 5.02 Å². The second-order valence-corrected chi connectivity index (χ2v) is 7.86. The number of nitrogens with one attached hydrogen (secondary N) is 1. The van der Waals surface area contributed by atoms with Crippen molar-refractivity contribution >= 4 is 28.9 Å². The number of hydrogen-bond donors (Lipinski definition) is 1. The standard InChI is InChI=1S/C19H30ClN3O2/c1-12(2)18(23-10-13(3)25-14(4)11-23)19(24)21-15-7-8-17(22(5)6)16(20)9-15/h7-9,12-14,18H,10-11H2,1-6H3,(H,21,24). The van der Waals surface area contributed by atoms with Crippen molar-refractivity contribution in [1.82, 2.24) is 4.90 Å². The van der Waals surface area contributed by atoms with E-state index in [2.05, 4.69) is 37.9 Å². The van der Waals surface area contributed by atoms with E-state index >= 15 is 0 Å². The summed E-state index contributed by atoms with van der Waals surface area (Å²) in [7, 11) is 3.88. The average Bonchev–Trinajstić information content (AvgIpc) is 2.45. The molecule has 1 aliphatic heterocycles. The van der Waals surface area contributed by atoms with Crippen LogP contribution in [0.15, 0.2) is 18.2 Å². The summed E-state index contributed by atoms with van der Waals surface area (Å²) in [6, 6.07) is 5.42. The number of nitrogens with zero attached hydrogens (tertiary/aromatic N) is 2. The van der Waals surface area contributed by atoms with Crippen molar-refractivity contribution in [3.63, 3.8) is 0 Å². The summed E-state index contributed by atoms with van der Waals surface area (Å²) in [4.78, 5) is 17.1. The van der Waals surface area contributed by atoms with Gasteiger partial charge in [-0.1, -0.05) is 25.4 Å². The molecule has 0 aliphatic carbocycles. The molecule has 1 aromatic carbocycles. The van der Waals surface area contributed by atoms with E-state index in [1.807, 2.05) is 31.1 Å². The zero-order valence-electron chi connectivity index (χ0n) is 16.0. The normalized spacial score (nSPS) is 22.7. The molecule has 0 bridgehead atoms. The van der Waals surface area contributed by atoms with Crippen LogP contribution >= 0.6 is 11.6 Å². The predicted molar refractivity (Wildman–Crippen MR) is 105 cm³/mol. The molecule has 1 aliphatic rings. The lowest BCUT2D eigenvalue weighted by Gasteiger charge is -2.41. The van der Waals surface area contributed by atoms with E-state index in [-0.39, 0.29) is 30.1 Å². The molecule has 3 unspecified atom stereocenters. The largest absolute Gasteiger partial charge is 0.376 e. The van der Waals surface area contributed by atoms with Crippen LogP contribution in [0.1, 0.15) is 27.7 Å². The summed E-state index contributed by atoms with van der Waals surface area (Å²) in [6.45, 7) is 9.80. The van der Waals surface area contributed by atoms with Crippen LogP contribution in [-0.2, 0) is 9.53 Å². The maximum Gasteiger partial charge on any atom is 0.241 e. The molecule has 0 saturated carbocycles. The summed E-state index contributed by atoms with van der Waals surface area (Å²) in [5.74, 6) is 0.207. The van der Waals surface area contributed by atoms with Crippen LogP contribution in [0.2, 0.25) is 5.02 Å². The summed E-state index contributed by atoms with van der Waals surface area (Å²) in [6.07, 6.45) is 0.262. The Morgan fingerprint density at radius 2 is 1.88 bits per heavy atom. The highest BCUT2D eigenvalue weighted by Gasteiger charge is 2.34. The fourth-order valence-corrected chi connectivity index (χ4v) is 3.85. The minimum atomic E-state index is -0.193. The Morgan fingerprint density at radius 3 is 2.36 bits per heavy atom. The number of rotatable bonds is 5. The van der Waals surface area contributed by atoms with Crippen molar-refractivity contribution in [3.8, 4) is 0 Å². The summed E-state index contributed by atoms with van der Waals surface area (Å²) in [5, 5.41) is 3.66. The van der Waals surface area contributed by atoms with Gasteiger partial charge in [0.1, 0.15) is 0 Å². The molecule has 140 valence electrons. The lowest BCUT2D eigenvalue weighted by Crippen LogP contribution is -2.55. The van der Waals surface area contributed by atoms with E-state index in [0.717, 1.165) is 24.5 Å². The number of amides is 1. The van der Waals surface area contributed by atoms with Gasteiger partial charge in [-0.3, -0.25) is 9.69 Å². The Kier molecular flexibility index (Phi) is 6.72. The minimum Gasteiger partial charge on any atom is -0.376 e. The van der Waals surface area contributed by atoms with Gasteiger partial charge < -0.3 is 15.0 Å². The average molecular weight is 368 g/mol. The van der Waals surface area contributed by atoms with Crippen LogP contribution in [-0.4, -0.2) is 56.2 Å². The molecule has 1 fully saturated rings. The highest BCUT2D eigenvalue weighted by Crippen LogP contribution is 2.28. The highest BCUT2D eigenvalue weighted by atomic mass is 35.5. The quantitative estimate of drug-likeness (QED) is 0.865. The van der Waals surface area contributed by atoms with Crippen molar-refractivity contribution in [3.05, 3.63) is 23.2 Å². The van der Waals surface area contributed by atoms with Gasteiger partial charge in [0.05, 0.1) is 29.0 Å². The molecular weight excluding hydrogens is 338 g/mol. The lowest BCUT2D eigenvalue weighted by molar-refractivity contribution is -0.130. The van der Waals surface area contributed by atoms with Crippen LogP contribution < -0.4 is 10.2 Å². The first kappa shape index (κ1) is 20.0. The van der Waals surface area contributed by atoms with Gasteiger partial charge in [0, 0.05) is 32.9 Å². The van der Waals surface area contributed by atoms with E-state index in [1.165, 1.54) is 0 Å². The second-order valence-electron chi connectivity index (χ2n) is 7.45.